The van der Waals surface area contributed by atoms with Gasteiger partial charge < -0.3 is 10.2 Å². The Hall–Kier alpha value is -3.12. The summed E-state index contributed by atoms with van der Waals surface area (Å²) in [4.78, 5) is 27.1. The first kappa shape index (κ1) is 21.1. The van der Waals surface area contributed by atoms with Gasteiger partial charge in [0.1, 0.15) is 5.82 Å². The van der Waals surface area contributed by atoms with Crippen molar-refractivity contribution in [3.8, 4) is 5.69 Å². The molecule has 1 fully saturated rings. The lowest BCUT2D eigenvalue weighted by Crippen LogP contribution is -2.39. The molecular formula is C24H25ClN4O2. The first-order valence-corrected chi connectivity index (χ1v) is 10.9. The number of aromatic nitrogens is 2. The molecule has 2 heterocycles. The van der Waals surface area contributed by atoms with Crippen LogP contribution in [0.5, 0.6) is 0 Å². The zero-order valence-corrected chi connectivity index (χ0v) is 18.2. The van der Waals surface area contributed by atoms with Crippen molar-refractivity contribution in [2.24, 2.45) is 5.92 Å². The van der Waals surface area contributed by atoms with E-state index < -0.39 is 0 Å². The molecule has 0 atom stereocenters. The monoisotopic (exact) mass is 436 g/mol. The van der Waals surface area contributed by atoms with E-state index in [0.29, 0.717) is 36.6 Å². The molecule has 1 N–H and O–H groups in total. The normalized spacial score (nSPS) is 14.5. The number of aryl methyl sites for hydroxylation is 1. The fourth-order valence-electron chi connectivity index (χ4n) is 3.80. The zero-order valence-electron chi connectivity index (χ0n) is 17.4. The number of hydrogen-bond donors (Lipinski definition) is 1. The fourth-order valence-corrected chi connectivity index (χ4v) is 3.98. The van der Waals surface area contributed by atoms with Crippen LogP contribution in [0.3, 0.4) is 0 Å². The van der Waals surface area contributed by atoms with E-state index >= 15 is 0 Å². The number of halogens is 1. The molecule has 0 saturated carbocycles. The minimum Gasteiger partial charge on any atom is -0.355 e. The van der Waals surface area contributed by atoms with E-state index in [9.17, 15) is 9.59 Å². The van der Waals surface area contributed by atoms with E-state index in [4.69, 9.17) is 11.6 Å². The van der Waals surface area contributed by atoms with Crippen LogP contribution in [-0.2, 0) is 11.2 Å². The topological polar surface area (TPSA) is 67.2 Å². The molecule has 7 heteroatoms. The van der Waals surface area contributed by atoms with Gasteiger partial charge in [0.05, 0.1) is 16.4 Å². The summed E-state index contributed by atoms with van der Waals surface area (Å²) in [5, 5.41) is 8.05. The SMILES string of the molecule is CCc1ccc(-n2nc(N3CCC(C(=O)Nc4ccccc4Cl)CC3)ccc2=O)cc1. The number of nitrogens with one attached hydrogen (secondary N) is 1. The van der Waals surface area contributed by atoms with E-state index in [-0.39, 0.29) is 17.4 Å². The molecule has 3 aromatic rings. The van der Waals surface area contributed by atoms with Crippen molar-refractivity contribution in [1.29, 1.82) is 0 Å². The molecule has 31 heavy (non-hydrogen) atoms. The van der Waals surface area contributed by atoms with Crippen LogP contribution in [0.1, 0.15) is 25.3 Å². The highest BCUT2D eigenvalue weighted by molar-refractivity contribution is 6.33. The summed E-state index contributed by atoms with van der Waals surface area (Å²) < 4.78 is 1.44. The van der Waals surface area contributed by atoms with Gasteiger partial charge in [-0.2, -0.15) is 4.68 Å². The zero-order chi connectivity index (χ0) is 21.8. The third-order valence-corrected chi connectivity index (χ3v) is 6.03. The summed E-state index contributed by atoms with van der Waals surface area (Å²) in [5.74, 6) is 0.644. The van der Waals surface area contributed by atoms with Crippen LogP contribution in [0.15, 0.2) is 65.5 Å². The summed E-state index contributed by atoms with van der Waals surface area (Å²) in [6.07, 6.45) is 2.37. The average Bonchev–Trinajstić information content (AvgIpc) is 2.81. The Morgan fingerprint density at radius 2 is 1.77 bits per heavy atom. The van der Waals surface area contributed by atoms with Crippen LogP contribution in [0, 0.1) is 5.92 Å². The van der Waals surface area contributed by atoms with Crippen molar-refractivity contribution in [2.45, 2.75) is 26.2 Å². The molecule has 1 aromatic heterocycles. The quantitative estimate of drug-likeness (QED) is 0.647. The minimum atomic E-state index is -0.165. The number of nitrogens with zero attached hydrogens (tertiary/aromatic N) is 3. The Morgan fingerprint density at radius 3 is 2.45 bits per heavy atom. The molecule has 0 spiro atoms. The van der Waals surface area contributed by atoms with Crippen molar-refractivity contribution in [3.63, 3.8) is 0 Å². The highest BCUT2D eigenvalue weighted by Gasteiger charge is 2.26. The molecule has 1 aliphatic heterocycles. The summed E-state index contributed by atoms with van der Waals surface area (Å²) >= 11 is 6.15. The Bertz CT molecular complexity index is 1120. The molecule has 0 aliphatic carbocycles. The highest BCUT2D eigenvalue weighted by Crippen LogP contribution is 2.25. The fraction of sp³-hybridized carbons (Fsp3) is 0.292. The number of para-hydroxylation sites is 1. The second-order valence-corrected chi connectivity index (χ2v) is 8.10. The third kappa shape index (κ3) is 4.80. The predicted octanol–water partition coefficient (Wildman–Crippen LogP) is 4.30. The van der Waals surface area contributed by atoms with E-state index in [1.54, 1.807) is 24.3 Å². The lowest BCUT2D eigenvalue weighted by atomic mass is 9.96. The molecule has 0 bridgehead atoms. The average molecular weight is 437 g/mol. The lowest BCUT2D eigenvalue weighted by Gasteiger charge is -2.32. The molecule has 4 rings (SSSR count). The molecule has 0 radical (unpaired) electrons. The number of piperidine rings is 1. The molecule has 1 amide bonds. The molecule has 160 valence electrons. The molecule has 6 nitrogen and oxygen atoms in total. The Labute approximate surface area is 186 Å². The van der Waals surface area contributed by atoms with Crippen LogP contribution in [0.25, 0.3) is 5.69 Å². The van der Waals surface area contributed by atoms with Gasteiger partial charge in [0.25, 0.3) is 5.56 Å². The lowest BCUT2D eigenvalue weighted by molar-refractivity contribution is -0.120. The second kappa shape index (κ2) is 9.35. The summed E-state index contributed by atoms with van der Waals surface area (Å²) in [5.41, 5.74) is 2.43. The van der Waals surface area contributed by atoms with Crippen LogP contribution in [0.2, 0.25) is 5.02 Å². The maximum atomic E-state index is 12.6. The first-order valence-electron chi connectivity index (χ1n) is 10.5. The van der Waals surface area contributed by atoms with Gasteiger partial charge in [0.2, 0.25) is 5.91 Å². The van der Waals surface area contributed by atoms with Crippen LogP contribution >= 0.6 is 11.6 Å². The molecule has 1 saturated heterocycles. The van der Waals surface area contributed by atoms with Gasteiger partial charge in [0.15, 0.2) is 0 Å². The Morgan fingerprint density at radius 1 is 1.06 bits per heavy atom. The van der Waals surface area contributed by atoms with E-state index in [0.717, 1.165) is 17.9 Å². The number of anilines is 2. The Balaban J connectivity index is 1.43. The molecule has 2 aromatic carbocycles. The predicted molar refractivity (Wildman–Crippen MR) is 124 cm³/mol. The van der Waals surface area contributed by atoms with Gasteiger partial charge in [-0.3, -0.25) is 9.59 Å². The van der Waals surface area contributed by atoms with Gasteiger partial charge in [0, 0.05) is 25.1 Å². The highest BCUT2D eigenvalue weighted by atomic mass is 35.5. The number of benzene rings is 2. The van der Waals surface area contributed by atoms with Crippen molar-refractivity contribution in [2.75, 3.05) is 23.3 Å². The van der Waals surface area contributed by atoms with Gasteiger partial charge in [-0.05, 0) is 55.2 Å². The summed E-state index contributed by atoms with van der Waals surface area (Å²) in [7, 11) is 0. The van der Waals surface area contributed by atoms with E-state index in [2.05, 4.69) is 22.2 Å². The van der Waals surface area contributed by atoms with Crippen LogP contribution in [-0.4, -0.2) is 28.8 Å². The number of carbonyl (C=O) groups is 1. The number of rotatable bonds is 5. The minimum absolute atomic E-state index is 0.0123. The maximum absolute atomic E-state index is 12.6. The number of carbonyl (C=O) groups excluding carboxylic acids is 1. The number of hydrogen-bond acceptors (Lipinski definition) is 4. The van der Waals surface area contributed by atoms with Crippen molar-refractivity contribution in [1.82, 2.24) is 9.78 Å². The summed E-state index contributed by atoms with van der Waals surface area (Å²) in [6.45, 7) is 3.49. The smallest absolute Gasteiger partial charge is 0.271 e. The maximum Gasteiger partial charge on any atom is 0.271 e. The van der Waals surface area contributed by atoms with Crippen LogP contribution < -0.4 is 15.8 Å². The van der Waals surface area contributed by atoms with Gasteiger partial charge in [-0.25, -0.2) is 0 Å². The van der Waals surface area contributed by atoms with Gasteiger partial charge in [-0.1, -0.05) is 42.8 Å². The third-order valence-electron chi connectivity index (χ3n) is 5.70. The van der Waals surface area contributed by atoms with Crippen LogP contribution in [0.4, 0.5) is 11.5 Å². The van der Waals surface area contributed by atoms with E-state index in [1.165, 1.54) is 10.2 Å². The van der Waals surface area contributed by atoms with E-state index in [1.807, 2.05) is 36.4 Å². The van der Waals surface area contributed by atoms with Gasteiger partial charge in [-0.15, -0.1) is 5.10 Å². The standard InChI is InChI=1S/C24H25ClN4O2/c1-2-17-7-9-19(10-8-17)29-23(30)12-11-22(27-29)28-15-13-18(14-16-28)24(31)26-21-6-4-3-5-20(21)25/h3-12,18H,2,13-16H2,1H3,(H,26,31). The first-order chi connectivity index (χ1) is 15.0. The van der Waals surface area contributed by atoms with Gasteiger partial charge >= 0.3 is 0 Å². The molecule has 0 unspecified atom stereocenters. The molecule has 1 aliphatic rings. The Kier molecular flexibility index (Phi) is 6.37. The van der Waals surface area contributed by atoms with Crippen molar-refractivity contribution >= 4 is 29.0 Å². The van der Waals surface area contributed by atoms with Crippen molar-refractivity contribution < 1.29 is 4.79 Å². The largest absolute Gasteiger partial charge is 0.355 e. The number of amides is 1. The summed E-state index contributed by atoms with van der Waals surface area (Å²) in [6, 6.07) is 18.4. The second-order valence-electron chi connectivity index (χ2n) is 7.69. The van der Waals surface area contributed by atoms with Crippen molar-refractivity contribution in [3.05, 3.63) is 81.6 Å². The molecular weight excluding hydrogens is 412 g/mol.